The van der Waals surface area contributed by atoms with Crippen LogP contribution in [0.15, 0.2) is 41.6 Å². The van der Waals surface area contributed by atoms with Gasteiger partial charge in [-0.25, -0.2) is 0 Å². The second kappa shape index (κ2) is 7.83. The van der Waals surface area contributed by atoms with Gasteiger partial charge in [0.2, 0.25) is 0 Å². The molecule has 0 fully saturated rings. The lowest BCUT2D eigenvalue weighted by Gasteiger charge is -2.35. The third-order valence-electron chi connectivity index (χ3n) is 4.79. The van der Waals surface area contributed by atoms with Gasteiger partial charge in [0.1, 0.15) is 5.75 Å². The van der Waals surface area contributed by atoms with Gasteiger partial charge in [0, 0.05) is 18.8 Å². The quantitative estimate of drug-likeness (QED) is 0.647. The fourth-order valence-corrected chi connectivity index (χ4v) is 3.52. The molecule has 7 heteroatoms. The number of benzene rings is 2. The van der Waals surface area contributed by atoms with Crippen LogP contribution in [0.4, 0.5) is 11.4 Å². The molecule has 0 radical (unpaired) electrons. The molecule has 0 aliphatic carbocycles. The Morgan fingerprint density at radius 2 is 1.96 bits per heavy atom. The number of hydrogen-bond acceptors (Lipinski definition) is 5. The van der Waals surface area contributed by atoms with Crippen molar-refractivity contribution in [2.75, 3.05) is 25.6 Å². The number of carbonyl (C=O) groups excluding carboxylic acids is 1. The lowest BCUT2D eigenvalue weighted by molar-refractivity contribution is 0.0660. The molecule has 2 heterocycles. The summed E-state index contributed by atoms with van der Waals surface area (Å²) >= 11 is 0. The summed E-state index contributed by atoms with van der Waals surface area (Å²) in [6.45, 7) is 3.15. The van der Waals surface area contributed by atoms with E-state index in [2.05, 4.69) is 31.9 Å². The van der Waals surface area contributed by atoms with Gasteiger partial charge in [0.05, 0.1) is 18.7 Å². The summed E-state index contributed by atoms with van der Waals surface area (Å²) in [5, 5.41) is 6.28. The van der Waals surface area contributed by atoms with E-state index in [0.29, 0.717) is 30.1 Å². The van der Waals surface area contributed by atoms with E-state index in [-0.39, 0.29) is 17.6 Å². The Hall–Kier alpha value is -2.46. The van der Waals surface area contributed by atoms with Crippen molar-refractivity contribution >= 4 is 26.5 Å². The summed E-state index contributed by atoms with van der Waals surface area (Å²) in [7, 11) is 3.88. The summed E-state index contributed by atoms with van der Waals surface area (Å²) in [6, 6.07) is 11.5. The Kier molecular flexibility index (Phi) is 5.52. The number of anilines is 1. The highest BCUT2D eigenvalue weighted by Crippen LogP contribution is 2.37. The SMILES string of the molecule is COc1cc2c(cc1N=O)NC[C@@H]1Cc3ccccc3CN1C2=O.CP. The van der Waals surface area contributed by atoms with Gasteiger partial charge in [0.15, 0.2) is 5.69 Å². The van der Waals surface area contributed by atoms with Gasteiger partial charge >= 0.3 is 0 Å². The van der Waals surface area contributed by atoms with Crippen LogP contribution in [0.1, 0.15) is 21.5 Å². The van der Waals surface area contributed by atoms with E-state index in [1.165, 1.54) is 18.2 Å². The average Bonchev–Trinajstić information content (AvgIpc) is 2.83. The smallest absolute Gasteiger partial charge is 0.256 e. The van der Waals surface area contributed by atoms with Gasteiger partial charge in [-0.15, -0.1) is 14.1 Å². The van der Waals surface area contributed by atoms with Gasteiger partial charge < -0.3 is 15.0 Å². The highest BCUT2D eigenvalue weighted by molar-refractivity contribution is 7.15. The third-order valence-corrected chi connectivity index (χ3v) is 4.79. The number of nitrogens with one attached hydrogen (secondary N) is 1. The maximum absolute atomic E-state index is 13.1. The van der Waals surface area contributed by atoms with Crippen LogP contribution >= 0.6 is 9.24 Å². The van der Waals surface area contributed by atoms with Crippen LogP contribution in [-0.2, 0) is 13.0 Å². The number of hydrogen-bond donors (Lipinski definition) is 1. The lowest BCUT2D eigenvalue weighted by atomic mass is 9.94. The van der Waals surface area contributed by atoms with Crippen LogP contribution in [0, 0.1) is 4.91 Å². The molecule has 0 spiro atoms. The largest absolute Gasteiger partial charge is 0.494 e. The minimum atomic E-state index is -0.0507. The first kappa shape index (κ1) is 18.3. The number of carbonyl (C=O) groups is 1. The third kappa shape index (κ3) is 3.17. The number of amides is 1. The molecule has 26 heavy (non-hydrogen) atoms. The topological polar surface area (TPSA) is 71.0 Å². The second-order valence-electron chi connectivity index (χ2n) is 6.10. The molecule has 2 aromatic carbocycles. The van der Waals surface area contributed by atoms with Crippen LogP contribution in [0.5, 0.6) is 5.75 Å². The Labute approximate surface area is 155 Å². The van der Waals surface area contributed by atoms with Crippen molar-refractivity contribution in [1.29, 1.82) is 0 Å². The first-order valence-electron chi connectivity index (χ1n) is 8.46. The van der Waals surface area contributed by atoms with E-state index in [1.54, 1.807) is 12.1 Å². The molecule has 1 N–H and O–H groups in total. The maximum atomic E-state index is 13.1. The molecule has 6 nitrogen and oxygen atoms in total. The van der Waals surface area contributed by atoms with E-state index < -0.39 is 0 Å². The van der Waals surface area contributed by atoms with Gasteiger partial charge in [0.25, 0.3) is 5.91 Å². The summed E-state index contributed by atoms with van der Waals surface area (Å²) in [6.07, 6.45) is 0.818. The molecule has 1 unspecified atom stereocenters. The molecule has 1 amide bonds. The maximum Gasteiger partial charge on any atom is 0.256 e. The van der Waals surface area contributed by atoms with Crippen molar-refractivity contribution in [3.63, 3.8) is 0 Å². The molecule has 4 rings (SSSR count). The monoisotopic (exact) mass is 371 g/mol. The molecular weight excluding hydrogens is 349 g/mol. The highest BCUT2D eigenvalue weighted by atomic mass is 31.0. The van der Waals surface area contributed by atoms with E-state index in [1.807, 2.05) is 23.7 Å². The number of ether oxygens (including phenoxy) is 1. The predicted octanol–water partition coefficient (Wildman–Crippen LogP) is 3.58. The molecule has 0 aromatic heterocycles. The minimum Gasteiger partial charge on any atom is -0.494 e. The van der Waals surface area contributed by atoms with Gasteiger partial charge in [-0.2, -0.15) is 0 Å². The Balaban J connectivity index is 0.000000948. The van der Waals surface area contributed by atoms with Crippen molar-refractivity contribution in [2.45, 2.75) is 19.0 Å². The average molecular weight is 371 g/mol. The van der Waals surface area contributed by atoms with E-state index in [4.69, 9.17) is 4.74 Å². The van der Waals surface area contributed by atoms with Gasteiger partial charge in [-0.05, 0) is 34.9 Å². The fraction of sp³-hybridized carbons (Fsp3) is 0.316. The first-order chi connectivity index (χ1) is 12.7. The number of rotatable bonds is 2. The summed E-state index contributed by atoms with van der Waals surface area (Å²) in [4.78, 5) is 26.0. The molecule has 136 valence electrons. The molecule has 2 atom stereocenters. The van der Waals surface area contributed by atoms with Crippen LogP contribution in [0.25, 0.3) is 0 Å². The van der Waals surface area contributed by atoms with Crippen molar-refractivity contribution in [1.82, 2.24) is 4.90 Å². The van der Waals surface area contributed by atoms with Crippen LogP contribution in [0.2, 0.25) is 0 Å². The number of fused-ring (bicyclic) bond motifs is 3. The summed E-state index contributed by atoms with van der Waals surface area (Å²) in [5.41, 5.74) is 3.81. The van der Waals surface area contributed by atoms with Gasteiger partial charge in [-0.3, -0.25) is 4.79 Å². The van der Waals surface area contributed by atoms with Crippen molar-refractivity contribution in [3.8, 4) is 5.75 Å². The van der Waals surface area contributed by atoms with Crippen molar-refractivity contribution < 1.29 is 9.53 Å². The Morgan fingerprint density at radius 3 is 2.65 bits per heavy atom. The zero-order chi connectivity index (χ0) is 18.7. The van der Waals surface area contributed by atoms with Crippen LogP contribution in [0.3, 0.4) is 0 Å². The molecule has 2 aliphatic heterocycles. The Morgan fingerprint density at radius 1 is 1.23 bits per heavy atom. The predicted molar refractivity (Wildman–Crippen MR) is 106 cm³/mol. The lowest BCUT2D eigenvalue weighted by Crippen LogP contribution is -2.45. The van der Waals surface area contributed by atoms with Gasteiger partial charge in [-0.1, -0.05) is 30.9 Å². The normalized spacial score (nSPS) is 17.4. The molecule has 0 saturated heterocycles. The molecule has 0 saturated carbocycles. The van der Waals surface area contributed by atoms with Crippen molar-refractivity contribution in [3.05, 3.63) is 58.0 Å². The zero-order valence-corrected chi connectivity index (χ0v) is 16.0. The number of methoxy groups -OCH3 is 1. The second-order valence-corrected chi connectivity index (χ2v) is 6.10. The van der Waals surface area contributed by atoms with Crippen LogP contribution in [-0.4, -0.2) is 37.2 Å². The standard InChI is InChI=1S/C18H17N3O3.CH5P/c1-24-17-7-14-15(8-16(17)20-23)19-9-13-6-11-4-2-3-5-12(11)10-21(13)18(14)22;1-2/h2-5,7-8,13,19H,6,9-10H2,1H3;2H2,1H3/t13-;/m0./s1. The molecule has 0 bridgehead atoms. The van der Waals surface area contributed by atoms with E-state index >= 15 is 0 Å². The minimum absolute atomic E-state index is 0.0507. The number of nitrogens with zero attached hydrogens (tertiary/aromatic N) is 2. The molecule has 2 aliphatic rings. The molecular formula is C19H22N3O3P. The van der Waals surface area contributed by atoms with Crippen LogP contribution < -0.4 is 10.1 Å². The van der Waals surface area contributed by atoms with E-state index in [0.717, 1.165) is 6.42 Å². The molecule has 2 aromatic rings. The Bertz CT molecular complexity index is 841. The van der Waals surface area contributed by atoms with Crippen molar-refractivity contribution in [2.24, 2.45) is 5.18 Å². The summed E-state index contributed by atoms with van der Waals surface area (Å²) < 4.78 is 5.19. The fourth-order valence-electron chi connectivity index (χ4n) is 3.52. The summed E-state index contributed by atoms with van der Waals surface area (Å²) in [5.74, 6) is 0.264. The zero-order valence-electron chi connectivity index (χ0n) is 14.9. The van der Waals surface area contributed by atoms with E-state index in [9.17, 15) is 9.70 Å². The highest BCUT2D eigenvalue weighted by Gasteiger charge is 2.34. The number of nitroso groups, excluding NO2 is 1. The first-order valence-corrected chi connectivity index (χ1v) is 9.61.